The zero-order valence-corrected chi connectivity index (χ0v) is 12.9. The summed E-state index contributed by atoms with van der Waals surface area (Å²) in [5, 5.41) is 3.48. The maximum atomic E-state index is 6.07. The Morgan fingerprint density at radius 1 is 1.19 bits per heavy atom. The van der Waals surface area contributed by atoms with Gasteiger partial charge in [-0.2, -0.15) is 0 Å². The van der Waals surface area contributed by atoms with Crippen molar-refractivity contribution >= 4 is 0 Å². The molecule has 2 aromatic rings. The molecule has 0 saturated heterocycles. The minimum atomic E-state index is 0.693. The Morgan fingerprint density at radius 2 is 2.00 bits per heavy atom. The highest BCUT2D eigenvalue weighted by molar-refractivity contribution is 5.44. The Bertz CT molecular complexity index is 648. The summed E-state index contributed by atoms with van der Waals surface area (Å²) in [6, 6.07) is 8.90. The van der Waals surface area contributed by atoms with Crippen LogP contribution in [0.2, 0.25) is 0 Å². The van der Waals surface area contributed by atoms with Crippen molar-refractivity contribution in [3.63, 3.8) is 0 Å². The number of aryl methyl sites for hydroxylation is 2. The van der Waals surface area contributed by atoms with Crippen molar-refractivity contribution in [2.45, 2.75) is 46.2 Å². The molecule has 1 heterocycles. The van der Waals surface area contributed by atoms with Gasteiger partial charge in [0, 0.05) is 24.8 Å². The normalized spacial score (nSPS) is 14.2. The first-order valence-corrected chi connectivity index (χ1v) is 7.56. The van der Waals surface area contributed by atoms with Gasteiger partial charge in [-0.25, -0.2) is 0 Å². The maximum absolute atomic E-state index is 6.07. The first-order valence-electron chi connectivity index (χ1n) is 7.56. The maximum Gasteiger partial charge on any atom is 0.130 e. The Hall–Kier alpha value is -1.87. The van der Waals surface area contributed by atoms with E-state index in [-0.39, 0.29) is 0 Å². The average molecular weight is 282 g/mol. The fourth-order valence-electron chi connectivity index (χ4n) is 2.39. The van der Waals surface area contributed by atoms with Crippen LogP contribution in [0, 0.1) is 20.8 Å². The van der Waals surface area contributed by atoms with Crippen molar-refractivity contribution in [2.24, 2.45) is 0 Å². The summed E-state index contributed by atoms with van der Waals surface area (Å²) in [7, 11) is 0. The van der Waals surface area contributed by atoms with Gasteiger partial charge < -0.3 is 10.1 Å². The predicted molar refractivity (Wildman–Crippen MR) is 84.8 cm³/mol. The number of pyridine rings is 1. The molecule has 3 rings (SSSR count). The number of benzene rings is 1. The largest absolute Gasteiger partial charge is 0.457 e. The summed E-state index contributed by atoms with van der Waals surface area (Å²) in [4.78, 5) is 4.40. The van der Waals surface area contributed by atoms with Gasteiger partial charge >= 0.3 is 0 Å². The fourth-order valence-corrected chi connectivity index (χ4v) is 2.39. The molecule has 0 amide bonds. The predicted octanol–water partition coefficient (Wildman–Crippen LogP) is 4.05. The van der Waals surface area contributed by atoms with Crippen molar-refractivity contribution in [3.8, 4) is 11.5 Å². The van der Waals surface area contributed by atoms with Crippen LogP contribution in [0.25, 0.3) is 0 Å². The van der Waals surface area contributed by atoms with Gasteiger partial charge in [-0.15, -0.1) is 0 Å². The molecule has 3 heteroatoms. The second-order valence-corrected chi connectivity index (χ2v) is 5.95. The Morgan fingerprint density at radius 3 is 2.76 bits per heavy atom. The van der Waals surface area contributed by atoms with Gasteiger partial charge in [0.15, 0.2) is 0 Å². The molecular formula is C18H22N2O. The van der Waals surface area contributed by atoms with Crippen LogP contribution in [-0.2, 0) is 6.54 Å². The van der Waals surface area contributed by atoms with Gasteiger partial charge in [-0.1, -0.05) is 6.07 Å². The van der Waals surface area contributed by atoms with E-state index in [1.165, 1.54) is 29.5 Å². The second kappa shape index (κ2) is 5.86. The van der Waals surface area contributed by atoms with Gasteiger partial charge in [-0.3, -0.25) is 4.98 Å². The summed E-state index contributed by atoms with van der Waals surface area (Å²) >= 11 is 0. The van der Waals surface area contributed by atoms with Crippen molar-refractivity contribution < 1.29 is 4.74 Å². The van der Waals surface area contributed by atoms with Gasteiger partial charge in [0.2, 0.25) is 0 Å². The average Bonchev–Trinajstić information content (AvgIpc) is 3.27. The minimum Gasteiger partial charge on any atom is -0.457 e. The SMILES string of the molecule is Cc1cc(C)c(C)c(Oc2ccnc(CNC3CC3)c2)c1. The molecule has 1 aliphatic rings. The van der Waals surface area contributed by atoms with Crippen LogP contribution in [0.15, 0.2) is 30.5 Å². The first-order chi connectivity index (χ1) is 10.1. The highest BCUT2D eigenvalue weighted by atomic mass is 16.5. The third-order valence-corrected chi connectivity index (χ3v) is 3.93. The summed E-state index contributed by atoms with van der Waals surface area (Å²) in [5.41, 5.74) is 4.70. The zero-order valence-electron chi connectivity index (χ0n) is 12.9. The number of ether oxygens (including phenoxy) is 1. The van der Waals surface area contributed by atoms with Crippen molar-refractivity contribution in [1.82, 2.24) is 10.3 Å². The highest BCUT2D eigenvalue weighted by Crippen LogP contribution is 2.28. The third-order valence-electron chi connectivity index (χ3n) is 3.93. The number of aromatic nitrogens is 1. The molecule has 0 spiro atoms. The first kappa shape index (κ1) is 14.1. The van der Waals surface area contributed by atoms with E-state index in [9.17, 15) is 0 Å². The molecule has 1 fully saturated rings. The van der Waals surface area contributed by atoms with Gasteiger partial charge in [0.25, 0.3) is 0 Å². The topological polar surface area (TPSA) is 34.1 Å². The molecule has 1 aromatic carbocycles. The molecule has 21 heavy (non-hydrogen) atoms. The van der Waals surface area contributed by atoms with Crippen LogP contribution in [0.3, 0.4) is 0 Å². The lowest BCUT2D eigenvalue weighted by molar-refractivity contribution is 0.475. The van der Waals surface area contributed by atoms with Crippen LogP contribution in [0.5, 0.6) is 11.5 Å². The quantitative estimate of drug-likeness (QED) is 0.898. The monoisotopic (exact) mass is 282 g/mol. The number of hydrogen-bond acceptors (Lipinski definition) is 3. The van der Waals surface area contributed by atoms with Gasteiger partial charge in [0.1, 0.15) is 11.5 Å². The molecule has 1 aliphatic carbocycles. The van der Waals surface area contributed by atoms with E-state index < -0.39 is 0 Å². The van der Waals surface area contributed by atoms with Crippen LogP contribution in [-0.4, -0.2) is 11.0 Å². The molecule has 1 N–H and O–H groups in total. The molecule has 0 unspecified atom stereocenters. The minimum absolute atomic E-state index is 0.693. The summed E-state index contributed by atoms with van der Waals surface area (Å²) in [6.07, 6.45) is 4.40. The van der Waals surface area contributed by atoms with Crippen LogP contribution >= 0.6 is 0 Å². The third kappa shape index (κ3) is 3.61. The fraction of sp³-hybridized carbons (Fsp3) is 0.389. The van der Waals surface area contributed by atoms with E-state index in [0.29, 0.717) is 6.04 Å². The highest BCUT2D eigenvalue weighted by Gasteiger charge is 2.20. The van der Waals surface area contributed by atoms with E-state index in [4.69, 9.17) is 4.74 Å². The summed E-state index contributed by atoms with van der Waals surface area (Å²) < 4.78 is 6.07. The van der Waals surface area contributed by atoms with E-state index in [1.54, 1.807) is 0 Å². The molecule has 110 valence electrons. The van der Waals surface area contributed by atoms with Crippen LogP contribution < -0.4 is 10.1 Å². The summed E-state index contributed by atoms with van der Waals surface area (Å²) in [6.45, 7) is 7.12. The lowest BCUT2D eigenvalue weighted by Crippen LogP contribution is -2.16. The summed E-state index contributed by atoms with van der Waals surface area (Å²) in [5.74, 6) is 1.78. The number of hydrogen-bond donors (Lipinski definition) is 1. The standard InChI is InChI=1S/C18H22N2O/c1-12-8-13(2)14(3)18(9-12)21-17-6-7-19-16(10-17)11-20-15-4-5-15/h6-10,15,20H,4-5,11H2,1-3H3. The zero-order chi connectivity index (χ0) is 14.8. The van der Waals surface area contributed by atoms with E-state index in [2.05, 4.69) is 43.2 Å². The molecule has 1 aromatic heterocycles. The van der Waals surface area contributed by atoms with Gasteiger partial charge in [-0.05, 0) is 62.4 Å². The van der Waals surface area contributed by atoms with Crippen LogP contribution in [0.4, 0.5) is 0 Å². The Kier molecular flexibility index (Phi) is 3.93. The van der Waals surface area contributed by atoms with E-state index >= 15 is 0 Å². The van der Waals surface area contributed by atoms with E-state index in [1.807, 2.05) is 18.3 Å². The molecule has 0 aliphatic heterocycles. The molecule has 0 atom stereocenters. The molecule has 0 radical (unpaired) electrons. The molecular weight excluding hydrogens is 260 g/mol. The lowest BCUT2D eigenvalue weighted by Gasteiger charge is -2.12. The molecule has 0 bridgehead atoms. The van der Waals surface area contributed by atoms with Gasteiger partial charge in [0.05, 0.1) is 5.69 Å². The Labute approximate surface area is 126 Å². The molecule has 3 nitrogen and oxygen atoms in total. The number of rotatable bonds is 5. The van der Waals surface area contributed by atoms with Crippen molar-refractivity contribution in [3.05, 3.63) is 52.8 Å². The molecule has 1 saturated carbocycles. The Balaban J connectivity index is 1.76. The number of nitrogens with one attached hydrogen (secondary N) is 1. The van der Waals surface area contributed by atoms with Crippen molar-refractivity contribution in [2.75, 3.05) is 0 Å². The smallest absolute Gasteiger partial charge is 0.130 e. The lowest BCUT2D eigenvalue weighted by atomic mass is 10.1. The number of nitrogens with zero attached hydrogens (tertiary/aromatic N) is 1. The van der Waals surface area contributed by atoms with E-state index in [0.717, 1.165) is 23.7 Å². The van der Waals surface area contributed by atoms with Crippen LogP contribution in [0.1, 0.15) is 35.2 Å². The second-order valence-electron chi connectivity index (χ2n) is 5.95. The van der Waals surface area contributed by atoms with Crippen molar-refractivity contribution in [1.29, 1.82) is 0 Å².